The van der Waals surface area contributed by atoms with E-state index in [2.05, 4.69) is 4.99 Å². The number of hydrogen-bond donors (Lipinski definition) is 0. The molecule has 1 fully saturated rings. The highest BCUT2D eigenvalue weighted by Crippen LogP contribution is 2.35. The molecule has 4 heteroatoms. The van der Waals surface area contributed by atoms with Crippen LogP contribution in [0.3, 0.4) is 0 Å². The first kappa shape index (κ1) is 9.33. The van der Waals surface area contributed by atoms with Crippen molar-refractivity contribution in [3.63, 3.8) is 0 Å². The van der Waals surface area contributed by atoms with Crippen molar-refractivity contribution >= 4 is 6.08 Å². The van der Waals surface area contributed by atoms with E-state index in [4.69, 9.17) is 0 Å². The lowest BCUT2D eigenvalue weighted by Crippen LogP contribution is -2.18. The Morgan fingerprint density at radius 2 is 2.25 bits per heavy atom. The second-order valence-electron chi connectivity index (χ2n) is 3.12. The van der Waals surface area contributed by atoms with Crippen LogP contribution in [0.5, 0.6) is 0 Å². The van der Waals surface area contributed by atoms with Gasteiger partial charge in [-0.25, -0.2) is 18.6 Å². The summed E-state index contributed by atoms with van der Waals surface area (Å²) in [6.07, 6.45) is 1.28. The molecule has 0 aromatic rings. The fourth-order valence-corrected chi connectivity index (χ4v) is 1.78. The fraction of sp³-hybridized carbons (Fsp3) is 0.875. The van der Waals surface area contributed by atoms with Crippen molar-refractivity contribution in [2.45, 2.75) is 25.7 Å². The molecule has 2 nitrogen and oxygen atoms in total. The van der Waals surface area contributed by atoms with Crippen LogP contribution in [0.1, 0.15) is 19.3 Å². The van der Waals surface area contributed by atoms with Gasteiger partial charge in [0.2, 0.25) is 12.5 Å². The van der Waals surface area contributed by atoms with Gasteiger partial charge in [-0.1, -0.05) is 6.42 Å². The van der Waals surface area contributed by atoms with Crippen molar-refractivity contribution in [3.8, 4) is 0 Å². The molecule has 0 N–H and O–H groups in total. The molecule has 1 rings (SSSR count). The lowest BCUT2D eigenvalue weighted by molar-refractivity contribution is 0.0583. The van der Waals surface area contributed by atoms with Crippen molar-refractivity contribution in [1.29, 1.82) is 0 Å². The van der Waals surface area contributed by atoms with Gasteiger partial charge in [0.05, 0.1) is 6.54 Å². The second-order valence-corrected chi connectivity index (χ2v) is 3.12. The maximum absolute atomic E-state index is 12.3. The Bertz CT molecular complexity index is 189. The minimum absolute atomic E-state index is 0.105. The van der Waals surface area contributed by atoms with E-state index in [9.17, 15) is 13.6 Å². The van der Waals surface area contributed by atoms with Crippen molar-refractivity contribution < 1.29 is 13.6 Å². The molecule has 1 saturated carbocycles. The molecule has 68 valence electrons. The molecule has 0 spiro atoms. The predicted octanol–water partition coefficient (Wildman–Crippen LogP) is 2.00. The summed E-state index contributed by atoms with van der Waals surface area (Å²) < 4.78 is 24.6. The molecule has 2 unspecified atom stereocenters. The van der Waals surface area contributed by atoms with Gasteiger partial charge in [0.1, 0.15) is 0 Å². The standard InChI is InChI=1S/C8H11F2NO/c9-8(10)7-3-1-2-6(7)4-11-5-12/h6-8H,1-4H2. The molecule has 0 aromatic heterocycles. The summed E-state index contributed by atoms with van der Waals surface area (Å²) in [5, 5.41) is 0. The SMILES string of the molecule is O=C=NCC1CCCC1C(F)F. The van der Waals surface area contributed by atoms with Gasteiger partial charge in [-0.3, -0.25) is 0 Å². The van der Waals surface area contributed by atoms with Gasteiger partial charge in [-0.15, -0.1) is 0 Å². The minimum atomic E-state index is -2.26. The van der Waals surface area contributed by atoms with Gasteiger partial charge >= 0.3 is 0 Å². The number of rotatable bonds is 3. The van der Waals surface area contributed by atoms with Crippen molar-refractivity contribution in [1.82, 2.24) is 0 Å². The largest absolute Gasteiger partial charge is 0.241 e. The van der Waals surface area contributed by atoms with Crippen LogP contribution in [-0.2, 0) is 4.79 Å². The minimum Gasteiger partial charge on any atom is -0.211 e. The summed E-state index contributed by atoms with van der Waals surface area (Å²) in [4.78, 5) is 13.1. The molecule has 0 amide bonds. The number of isocyanates is 1. The van der Waals surface area contributed by atoms with Gasteiger partial charge in [0, 0.05) is 5.92 Å². The first-order chi connectivity index (χ1) is 5.75. The Balaban J connectivity index is 2.45. The van der Waals surface area contributed by atoms with Gasteiger partial charge in [0.25, 0.3) is 0 Å². The Morgan fingerprint density at radius 3 is 2.83 bits per heavy atom. The van der Waals surface area contributed by atoms with Crippen LogP contribution in [0.4, 0.5) is 8.78 Å². The molecular weight excluding hydrogens is 164 g/mol. The van der Waals surface area contributed by atoms with E-state index < -0.39 is 12.3 Å². The lowest BCUT2D eigenvalue weighted by atomic mass is 9.97. The Hall–Kier alpha value is -0.760. The van der Waals surface area contributed by atoms with Crippen molar-refractivity contribution in [2.24, 2.45) is 16.8 Å². The van der Waals surface area contributed by atoms with Gasteiger partial charge < -0.3 is 0 Å². The normalized spacial score (nSPS) is 28.9. The summed E-state index contributed by atoms with van der Waals surface area (Å²) in [5.74, 6) is -0.659. The number of hydrogen-bond acceptors (Lipinski definition) is 2. The van der Waals surface area contributed by atoms with Gasteiger partial charge in [-0.2, -0.15) is 0 Å². The molecule has 0 radical (unpaired) electrons. The summed E-state index contributed by atoms with van der Waals surface area (Å²) in [5.41, 5.74) is 0. The highest BCUT2D eigenvalue weighted by Gasteiger charge is 2.33. The highest BCUT2D eigenvalue weighted by molar-refractivity contribution is 5.32. The molecule has 12 heavy (non-hydrogen) atoms. The summed E-state index contributed by atoms with van der Waals surface area (Å²) >= 11 is 0. The topological polar surface area (TPSA) is 29.4 Å². The third kappa shape index (κ3) is 2.11. The molecule has 1 aliphatic rings. The van der Waals surface area contributed by atoms with Gasteiger partial charge in [-0.05, 0) is 18.8 Å². The zero-order chi connectivity index (χ0) is 8.97. The number of aliphatic imine (C=N–C) groups is 1. The first-order valence-corrected chi connectivity index (χ1v) is 4.07. The van der Waals surface area contributed by atoms with Crippen molar-refractivity contribution in [2.75, 3.05) is 6.54 Å². The van der Waals surface area contributed by atoms with Crippen LogP contribution >= 0.6 is 0 Å². The van der Waals surface area contributed by atoms with E-state index in [1.54, 1.807) is 0 Å². The summed E-state index contributed by atoms with van der Waals surface area (Å²) in [6.45, 7) is 0.221. The fourth-order valence-electron chi connectivity index (χ4n) is 1.78. The molecule has 2 atom stereocenters. The quantitative estimate of drug-likeness (QED) is 0.476. The molecule has 0 aliphatic heterocycles. The molecule has 1 aliphatic carbocycles. The van der Waals surface area contributed by atoms with E-state index in [0.717, 1.165) is 12.8 Å². The van der Waals surface area contributed by atoms with Crippen molar-refractivity contribution in [3.05, 3.63) is 0 Å². The number of carbonyl (C=O) groups excluding carboxylic acids is 1. The Labute approximate surface area is 69.7 Å². The van der Waals surface area contributed by atoms with Crippen LogP contribution in [0.25, 0.3) is 0 Å². The van der Waals surface area contributed by atoms with Crippen LogP contribution in [0.15, 0.2) is 4.99 Å². The summed E-state index contributed by atoms with van der Waals surface area (Å²) in [6, 6.07) is 0. The Kier molecular flexibility index (Phi) is 3.35. The van der Waals surface area contributed by atoms with E-state index in [1.807, 2.05) is 0 Å². The monoisotopic (exact) mass is 175 g/mol. The average molecular weight is 175 g/mol. The summed E-state index contributed by atoms with van der Waals surface area (Å²) in [7, 11) is 0. The molecule has 0 saturated heterocycles. The van der Waals surface area contributed by atoms with E-state index >= 15 is 0 Å². The van der Waals surface area contributed by atoms with Gasteiger partial charge in [0.15, 0.2) is 0 Å². The molecule has 0 heterocycles. The molecule has 0 bridgehead atoms. The highest BCUT2D eigenvalue weighted by atomic mass is 19.3. The lowest BCUT2D eigenvalue weighted by Gasteiger charge is -2.15. The maximum Gasteiger partial charge on any atom is 0.241 e. The first-order valence-electron chi connectivity index (χ1n) is 4.07. The van der Waals surface area contributed by atoms with Crippen LogP contribution in [-0.4, -0.2) is 19.1 Å². The smallest absolute Gasteiger partial charge is 0.211 e. The van der Waals surface area contributed by atoms with Crippen LogP contribution in [0.2, 0.25) is 0 Å². The van der Waals surface area contributed by atoms with Crippen LogP contribution < -0.4 is 0 Å². The number of halogens is 2. The van der Waals surface area contributed by atoms with E-state index in [0.29, 0.717) is 6.42 Å². The van der Waals surface area contributed by atoms with E-state index in [-0.39, 0.29) is 12.5 Å². The van der Waals surface area contributed by atoms with E-state index in [1.165, 1.54) is 6.08 Å². The molecule has 0 aromatic carbocycles. The zero-order valence-electron chi connectivity index (χ0n) is 6.67. The third-order valence-electron chi connectivity index (χ3n) is 2.43. The molecular formula is C8H11F2NO. The Morgan fingerprint density at radius 1 is 1.50 bits per heavy atom. The van der Waals surface area contributed by atoms with Crippen LogP contribution in [0, 0.1) is 11.8 Å². The zero-order valence-corrected chi connectivity index (χ0v) is 6.67. The average Bonchev–Trinajstić information content (AvgIpc) is 2.48. The maximum atomic E-state index is 12.3. The predicted molar refractivity (Wildman–Crippen MR) is 39.8 cm³/mol. The number of nitrogens with zero attached hydrogens (tertiary/aromatic N) is 1. The third-order valence-corrected chi connectivity index (χ3v) is 2.43. The second kappa shape index (κ2) is 4.31. The number of alkyl halides is 2.